The summed E-state index contributed by atoms with van der Waals surface area (Å²) in [4.78, 5) is 0. The molecule has 1 aromatic heterocycles. The van der Waals surface area contributed by atoms with E-state index in [2.05, 4.69) is 15.5 Å². The highest BCUT2D eigenvalue weighted by atomic mass is 19.1. The maximum Gasteiger partial charge on any atom is 0.148 e. The molecule has 0 aliphatic heterocycles. The molecule has 4 nitrogen and oxygen atoms in total. The fraction of sp³-hybridized carbons (Fsp3) is 0.286. The molecule has 3 N–H and O–H groups in total. The van der Waals surface area contributed by atoms with Gasteiger partial charge < -0.3 is 11.1 Å². The van der Waals surface area contributed by atoms with Gasteiger partial charge in [-0.05, 0) is 38.1 Å². The second kappa shape index (κ2) is 5.32. The first-order valence-corrected chi connectivity index (χ1v) is 6.07. The first kappa shape index (κ1) is 13.4. The average molecular weight is 260 g/mol. The Hall–Kier alpha value is -2.01. The van der Waals surface area contributed by atoms with Crippen molar-refractivity contribution in [3.05, 3.63) is 42.2 Å². The molecule has 2 rings (SSSR count). The van der Waals surface area contributed by atoms with Crippen LogP contribution in [0.1, 0.15) is 13.8 Å². The van der Waals surface area contributed by atoms with Gasteiger partial charge in [0.25, 0.3) is 0 Å². The van der Waals surface area contributed by atoms with Crippen LogP contribution in [0.15, 0.2) is 36.4 Å². The predicted molar refractivity (Wildman–Crippen MR) is 74.2 cm³/mol. The van der Waals surface area contributed by atoms with E-state index in [1.54, 1.807) is 30.3 Å². The van der Waals surface area contributed by atoms with Gasteiger partial charge in [0.2, 0.25) is 0 Å². The van der Waals surface area contributed by atoms with E-state index < -0.39 is 0 Å². The van der Waals surface area contributed by atoms with Gasteiger partial charge in [-0.15, -0.1) is 10.2 Å². The highest BCUT2D eigenvalue weighted by Gasteiger charge is 2.11. The van der Waals surface area contributed by atoms with Crippen molar-refractivity contribution in [2.24, 2.45) is 5.73 Å². The summed E-state index contributed by atoms with van der Waals surface area (Å²) in [5, 5.41) is 11.1. The second-order valence-corrected chi connectivity index (χ2v) is 5.13. The van der Waals surface area contributed by atoms with Crippen LogP contribution < -0.4 is 11.1 Å². The molecule has 19 heavy (non-hydrogen) atoms. The van der Waals surface area contributed by atoms with E-state index in [4.69, 9.17) is 5.73 Å². The topological polar surface area (TPSA) is 63.8 Å². The third kappa shape index (κ3) is 3.72. The Morgan fingerprint density at radius 3 is 2.47 bits per heavy atom. The largest absolute Gasteiger partial charge is 0.367 e. The summed E-state index contributed by atoms with van der Waals surface area (Å²) >= 11 is 0. The lowest BCUT2D eigenvalue weighted by atomic mass is 10.1. The van der Waals surface area contributed by atoms with Gasteiger partial charge in [0.1, 0.15) is 11.6 Å². The van der Waals surface area contributed by atoms with E-state index in [1.807, 2.05) is 13.8 Å². The van der Waals surface area contributed by atoms with Gasteiger partial charge in [0.15, 0.2) is 0 Å². The molecule has 0 spiro atoms. The van der Waals surface area contributed by atoms with Crippen LogP contribution >= 0.6 is 0 Å². The minimum absolute atomic E-state index is 0.305. The lowest BCUT2D eigenvalue weighted by Gasteiger charge is -2.18. The first-order chi connectivity index (χ1) is 8.96. The van der Waals surface area contributed by atoms with Gasteiger partial charge in [-0.1, -0.05) is 12.1 Å². The summed E-state index contributed by atoms with van der Waals surface area (Å²) in [7, 11) is 0. The molecule has 100 valence electrons. The molecule has 0 saturated heterocycles. The summed E-state index contributed by atoms with van der Waals surface area (Å²) in [6.07, 6.45) is 0. The van der Waals surface area contributed by atoms with Crippen LogP contribution in [0.4, 0.5) is 10.2 Å². The monoisotopic (exact) mass is 260 g/mol. The number of benzene rings is 1. The molecule has 2 aromatic rings. The number of hydrogen-bond donors (Lipinski definition) is 2. The molecular formula is C14H17FN4. The number of nitrogens with two attached hydrogens (primary N) is 1. The Bertz CT molecular complexity index is 546. The molecule has 0 fully saturated rings. The van der Waals surface area contributed by atoms with E-state index in [0.717, 1.165) is 0 Å². The standard InChI is InChI=1S/C14H17FN4/c1-14(2,16)9-17-13-8-7-12(18-19-13)10-5-3-4-6-11(10)15/h3-8H,9,16H2,1-2H3,(H,17,19). The van der Waals surface area contributed by atoms with Crippen molar-refractivity contribution < 1.29 is 4.39 Å². The van der Waals surface area contributed by atoms with Crippen LogP contribution in [0.25, 0.3) is 11.3 Å². The van der Waals surface area contributed by atoms with Gasteiger partial charge >= 0.3 is 0 Å². The van der Waals surface area contributed by atoms with Crippen molar-refractivity contribution >= 4 is 5.82 Å². The molecule has 0 atom stereocenters. The number of nitrogens with one attached hydrogen (secondary N) is 1. The maximum absolute atomic E-state index is 13.6. The SMILES string of the molecule is CC(C)(N)CNc1ccc(-c2ccccc2F)nn1. The molecular weight excluding hydrogens is 243 g/mol. The quantitative estimate of drug-likeness (QED) is 0.886. The lowest BCUT2D eigenvalue weighted by Crippen LogP contribution is -2.39. The Balaban J connectivity index is 2.13. The summed E-state index contributed by atoms with van der Waals surface area (Å²) in [6, 6.07) is 9.99. The molecule has 0 aliphatic rings. The molecule has 0 bridgehead atoms. The summed E-state index contributed by atoms with van der Waals surface area (Å²) in [5.74, 6) is 0.319. The van der Waals surface area contributed by atoms with Crippen molar-refractivity contribution in [3.63, 3.8) is 0 Å². The van der Waals surface area contributed by atoms with Crippen molar-refractivity contribution in [1.29, 1.82) is 0 Å². The summed E-state index contributed by atoms with van der Waals surface area (Å²) < 4.78 is 13.6. The Morgan fingerprint density at radius 1 is 1.16 bits per heavy atom. The average Bonchev–Trinajstić information content (AvgIpc) is 2.37. The highest BCUT2D eigenvalue weighted by molar-refractivity contribution is 5.60. The minimum atomic E-state index is -0.327. The van der Waals surface area contributed by atoms with Gasteiger partial charge in [0, 0.05) is 17.6 Å². The zero-order valence-electron chi connectivity index (χ0n) is 11.0. The molecule has 5 heteroatoms. The molecule has 0 aliphatic carbocycles. The van der Waals surface area contributed by atoms with Crippen molar-refractivity contribution in [2.45, 2.75) is 19.4 Å². The summed E-state index contributed by atoms with van der Waals surface area (Å²) in [5.41, 5.74) is 6.49. The van der Waals surface area contributed by atoms with Crippen LogP contribution in [0.5, 0.6) is 0 Å². The van der Waals surface area contributed by atoms with Gasteiger partial charge in [-0.3, -0.25) is 0 Å². The Kier molecular flexibility index (Phi) is 3.76. The minimum Gasteiger partial charge on any atom is -0.367 e. The van der Waals surface area contributed by atoms with Gasteiger partial charge in [0.05, 0.1) is 5.69 Å². The van der Waals surface area contributed by atoms with Gasteiger partial charge in [-0.25, -0.2) is 4.39 Å². The zero-order chi connectivity index (χ0) is 13.9. The van der Waals surface area contributed by atoms with E-state index >= 15 is 0 Å². The van der Waals surface area contributed by atoms with Crippen molar-refractivity contribution in [2.75, 3.05) is 11.9 Å². The maximum atomic E-state index is 13.6. The molecule has 0 unspecified atom stereocenters. The molecule has 0 saturated carbocycles. The fourth-order valence-corrected chi connectivity index (χ4v) is 1.56. The number of aromatic nitrogens is 2. The highest BCUT2D eigenvalue weighted by Crippen LogP contribution is 2.20. The molecule has 1 aromatic carbocycles. The van der Waals surface area contributed by atoms with E-state index in [1.165, 1.54) is 6.07 Å². The Morgan fingerprint density at radius 2 is 1.89 bits per heavy atom. The first-order valence-electron chi connectivity index (χ1n) is 6.07. The Labute approximate surface area is 111 Å². The summed E-state index contributed by atoms with van der Waals surface area (Å²) in [6.45, 7) is 4.42. The number of anilines is 1. The van der Waals surface area contributed by atoms with Crippen molar-refractivity contribution in [3.8, 4) is 11.3 Å². The number of rotatable bonds is 4. The van der Waals surface area contributed by atoms with E-state index in [0.29, 0.717) is 23.6 Å². The lowest BCUT2D eigenvalue weighted by molar-refractivity contribution is 0.548. The molecule has 1 heterocycles. The van der Waals surface area contributed by atoms with E-state index in [-0.39, 0.29) is 11.4 Å². The van der Waals surface area contributed by atoms with Crippen molar-refractivity contribution in [1.82, 2.24) is 10.2 Å². The van der Waals surface area contributed by atoms with Crippen LogP contribution in [0.2, 0.25) is 0 Å². The fourth-order valence-electron chi connectivity index (χ4n) is 1.56. The number of nitrogens with zero attached hydrogens (tertiary/aromatic N) is 2. The van der Waals surface area contributed by atoms with Gasteiger partial charge in [-0.2, -0.15) is 0 Å². The normalized spacial score (nSPS) is 11.4. The molecule has 0 radical (unpaired) electrons. The van der Waals surface area contributed by atoms with Crippen LogP contribution in [-0.4, -0.2) is 22.3 Å². The zero-order valence-corrected chi connectivity index (χ0v) is 11.0. The third-order valence-corrected chi connectivity index (χ3v) is 2.54. The smallest absolute Gasteiger partial charge is 0.148 e. The van der Waals surface area contributed by atoms with Crippen LogP contribution in [0.3, 0.4) is 0 Å². The van der Waals surface area contributed by atoms with E-state index in [9.17, 15) is 4.39 Å². The third-order valence-electron chi connectivity index (χ3n) is 2.54. The molecule has 0 amide bonds. The number of hydrogen-bond acceptors (Lipinski definition) is 4. The van der Waals surface area contributed by atoms with Crippen LogP contribution in [0, 0.1) is 5.82 Å². The predicted octanol–water partition coefficient (Wildman–Crippen LogP) is 2.43. The number of halogens is 1. The second-order valence-electron chi connectivity index (χ2n) is 5.13. The van der Waals surface area contributed by atoms with Crippen LogP contribution in [-0.2, 0) is 0 Å².